The quantitative estimate of drug-likeness (QED) is 0.787. The number of nitrogens with zero attached hydrogens (tertiary/aromatic N) is 1. The van der Waals surface area contributed by atoms with Crippen molar-refractivity contribution in [1.82, 2.24) is 4.90 Å². The minimum atomic E-state index is 0.0503. The number of nitrogens with two attached hydrogens (primary N) is 1. The van der Waals surface area contributed by atoms with Crippen molar-refractivity contribution in [2.45, 2.75) is 57.7 Å². The maximum atomic E-state index is 12.5. The predicted octanol–water partition coefficient (Wildman–Crippen LogP) is 1.14. The first-order valence-electron chi connectivity index (χ1n) is 6.79. The molecule has 0 radical (unpaired) electrons. The minimum Gasteiger partial charge on any atom is -0.378 e. The molecule has 0 spiro atoms. The van der Waals surface area contributed by atoms with Crippen LogP contribution in [0.1, 0.15) is 39.5 Å². The Hall–Kier alpha value is -0.610. The summed E-state index contributed by atoms with van der Waals surface area (Å²) in [6.07, 6.45) is 4.27. The van der Waals surface area contributed by atoms with Gasteiger partial charge in [0.15, 0.2) is 0 Å². The highest BCUT2D eigenvalue weighted by Crippen LogP contribution is 2.27. The van der Waals surface area contributed by atoms with Crippen LogP contribution in [0.4, 0.5) is 0 Å². The van der Waals surface area contributed by atoms with Gasteiger partial charge in [0.25, 0.3) is 0 Å². The van der Waals surface area contributed by atoms with Gasteiger partial charge in [-0.3, -0.25) is 4.79 Å². The van der Waals surface area contributed by atoms with Crippen molar-refractivity contribution in [2.24, 2.45) is 11.7 Å². The second kappa shape index (κ2) is 5.36. The highest BCUT2D eigenvalue weighted by atomic mass is 16.5. The van der Waals surface area contributed by atoms with E-state index in [0.29, 0.717) is 6.61 Å². The average Bonchev–Trinajstić information content (AvgIpc) is 2.74. The first kappa shape index (κ1) is 12.8. The second-order valence-electron chi connectivity index (χ2n) is 5.42. The normalized spacial score (nSPS) is 35.9. The summed E-state index contributed by atoms with van der Waals surface area (Å²) in [5.41, 5.74) is 6.00. The van der Waals surface area contributed by atoms with Crippen molar-refractivity contribution in [3.8, 4) is 0 Å². The minimum absolute atomic E-state index is 0.0503. The zero-order valence-electron chi connectivity index (χ0n) is 10.9. The third kappa shape index (κ3) is 2.63. The molecular weight excluding hydrogens is 216 g/mol. The number of likely N-dealkylation sites (tertiary alicyclic amines) is 1. The van der Waals surface area contributed by atoms with Crippen molar-refractivity contribution in [3.05, 3.63) is 0 Å². The lowest BCUT2D eigenvalue weighted by molar-refractivity contribution is -0.141. The molecule has 4 heteroatoms. The Labute approximate surface area is 103 Å². The first-order valence-corrected chi connectivity index (χ1v) is 6.79. The molecule has 0 saturated carbocycles. The summed E-state index contributed by atoms with van der Waals surface area (Å²) < 4.78 is 5.49. The molecule has 2 aliphatic rings. The summed E-state index contributed by atoms with van der Waals surface area (Å²) in [6, 6.07) is 0.293. The Balaban J connectivity index is 2.05. The largest absolute Gasteiger partial charge is 0.378 e. The molecule has 0 aromatic rings. The van der Waals surface area contributed by atoms with Crippen molar-refractivity contribution >= 4 is 5.91 Å². The number of carbonyl (C=O) groups is 1. The van der Waals surface area contributed by atoms with Crippen LogP contribution in [0.2, 0.25) is 0 Å². The maximum absolute atomic E-state index is 12.5. The third-order valence-electron chi connectivity index (χ3n) is 4.13. The summed E-state index contributed by atoms with van der Waals surface area (Å²) in [4.78, 5) is 14.5. The van der Waals surface area contributed by atoms with Crippen molar-refractivity contribution < 1.29 is 9.53 Å². The van der Waals surface area contributed by atoms with Crippen LogP contribution >= 0.6 is 0 Å². The van der Waals surface area contributed by atoms with Gasteiger partial charge in [0.2, 0.25) is 5.91 Å². The molecule has 0 aromatic carbocycles. The van der Waals surface area contributed by atoms with E-state index in [4.69, 9.17) is 10.5 Å². The fourth-order valence-corrected chi connectivity index (χ4v) is 3.05. The van der Waals surface area contributed by atoms with Crippen LogP contribution in [-0.2, 0) is 9.53 Å². The van der Waals surface area contributed by atoms with Crippen LogP contribution in [0.5, 0.6) is 0 Å². The van der Waals surface area contributed by atoms with Gasteiger partial charge in [-0.2, -0.15) is 0 Å². The van der Waals surface area contributed by atoms with E-state index in [1.165, 1.54) is 6.42 Å². The fourth-order valence-electron chi connectivity index (χ4n) is 3.05. The number of amides is 1. The Bertz CT molecular complexity index is 281. The van der Waals surface area contributed by atoms with E-state index < -0.39 is 0 Å². The molecule has 4 atom stereocenters. The Morgan fingerprint density at radius 2 is 2.18 bits per heavy atom. The van der Waals surface area contributed by atoms with Crippen LogP contribution in [-0.4, -0.2) is 42.1 Å². The van der Waals surface area contributed by atoms with Crippen molar-refractivity contribution in [1.29, 1.82) is 0 Å². The van der Waals surface area contributed by atoms with Gasteiger partial charge < -0.3 is 15.4 Å². The predicted molar refractivity (Wildman–Crippen MR) is 66.5 cm³/mol. The summed E-state index contributed by atoms with van der Waals surface area (Å²) >= 11 is 0. The van der Waals surface area contributed by atoms with E-state index in [1.54, 1.807) is 0 Å². The average molecular weight is 240 g/mol. The van der Waals surface area contributed by atoms with Crippen molar-refractivity contribution in [3.63, 3.8) is 0 Å². The van der Waals surface area contributed by atoms with Crippen LogP contribution < -0.4 is 5.73 Å². The molecule has 4 nitrogen and oxygen atoms in total. The number of piperidine rings is 1. The zero-order chi connectivity index (χ0) is 12.4. The maximum Gasteiger partial charge on any atom is 0.228 e. The van der Waals surface area contributed by atoms with E-state index >= 15 is 0 Å². The molecule has 4 unspecified atom stereocenters. The van der Waals surface area contributed by atoms with Crippen LogP contribution in [0, 0.1) is 5.92 Å². The number of carbonyl (C=O) groups excluding carboxylic acids is 1. The van der Waals surface area contributed by atoms with E-state index in [0.717, 1.165) is 25.8 Å². The molecule has 2 fully saturated rings. The Morgan fingerprint density at radius 3 is 2.76 bits per heavy atom. The van der Waals surface area contributed by atoms with Crippen LogP contribution in [0.25, 0.3) is 0 Å². The van der Waals surface area contributed by atoms with Gasteiger partial charge in [0, 0.05) is 25.2 Å². The standard InChI is InChI=1S/C13H24N2O2/c1-9(14)12-5-3-4-7-15(12)13(16)11-6-8-17-10(11)2/h9-12H,3-8,14H2,1-2H3. The lowest BCUT2D eigenvalue weighted by Crippen LogP contribution is -2.54. The molecule has 0 bridgehead atoms. The molecule has 98 valence electrons. The Kier molecular flexibility index (Phi) is 4.05. The van der Waals surface area contributed by atoms with Crippen LogP contribution in [0.15, 0.2) is 0 Å². The molecule has 0 aromatic heterocycles. The van der Waals surface area contributed by atoms with Gasteiger partial charge in [0.1, 0.15) is 0 Å². The molecule has 0 aliphatic carbocycles. The lowest BCUT2D eigenvalue weighted by atomic mass is 9.93. The number of hydrogen-bond acceptors (Lipinski definition) is 3. The third-order valence-corrected chi connectivity index (χ3v) is 4.13. The van der Waals surface area contributed by atoms with Gasteiger partial charge in [-0.1, -0.05) is 0 Å². The summed E-state index contributed by atoms with van der Waals surface area (Å²) in [5.74, 6) is 0.311. The number of ether oxygens (including phenoxy) is 1. The second-order valence-corrected chi connectivity index (χ2v) is 5.42. The van der Waals surface area contributed by atoms with Gasteiger partial charge in [-0.15, -0.1) is 0 Å². The van der Waals surface area contributed by atoms with Gasteiger partial charge >= 0.3 is 0 Å². The molecule has 2 heterocycles. The molecule has 2 N–H and O–H groups in total. The smallest absolute Gasteiger partial charge is 0.228 e. The molecule has 17 heavy (non-hydrogen) atoms. The SMILES string of the molecule is CC(N)C1CCCCN1C(=O)C1CCOC1C. The van der Waals surface area contributed by atoms with Crippen molar-refractivity contribution in [2.75, 3.05) is 13.2 Å². The first-order chi connectivity index (χ1) is 8.11. The molecule has 2 aliphatic heterocycles. The number of rotatable bonds is 2. The lowest BCUT2D eigenvalue weighted by Gasteiger charge is -2.39. The van der Waals surface area contributed by atoms with E-state index in [-0.39, 0.29) is 30.0 Å². The summed E-state index contributed by atoms with van der Waals surface area (Å²) in [5, 5.41) is 0. The van der Waals surface area contributed by atoms with Gasteiger partial charge in [-0.25, -0.2) is 0 Å². The molecule has 1 amide bonds. The topological polar surface area (TPSA) is 55.6 Å². The molecular formula is C13H24N2O2. The fraction of sp³-hybridized carbons (Fsp3) is 0.923. The zero-order valence-corrected chi connectivity index (χ0v) is 10.9. The van der Waals surface area contributed by atoms with E-state index in [1.807, 2.05) is 18.7 Å². The van der Waals surface area contributed by atoms with Crippen LogP contribution in [0.3, 0.4) is 0 Å². The summed E-state index contributed by atoms with van der Waals surface area (Å²) in [6.45, 7) is 5.59. The molecule has 2 saturated heterocycles. The monoisotopic (exact) mass is 240 g/mol. The highest BCUT2D eigenvalue weighted by molar-refractivity contribution is 5.80. The molecule has 2 rings (SSSR count). The van der Waals surface area contributed by atoms with E-state index in [9.17, 15) is 4.79 Å². The summed E-state index contributed by atoms with van der Waals surface area (Å²) in [7, 11) is 0. The van der Waals surface area contributed by atoms with E-state index in [2.05, 4.69) is 0 Å². The van der Waals surface area contributed by atoms with Gasteiger partial charge in [-0.05, 0) is 39.5 Å². The highest BCUT2D eigenvalue weighted by Gasteiger charge is 2.38. The number of hydrogen-bond donors (Lipinski definition) is 1. The Morgan fingerprint density at radius 1 is 1.41 bits per heavy atom. The van der Waals surface area contributed by atoms with Gasteiger partial charge in [0.05, 0.1) is 12.0 Å².